The average molecular weight is 491 g/mol. The number of anilines is 2. The van der Waals surface area contributed by atoms with E-state index in [2.05, 4.69) is 30.6 Å². The molecule has 3 N–H and O–H groups in total. The number of nitrogens with zero attached hydrogens (tertiary/aromatic N) is 5. The van der Waals surface area contributed by atoms with Gasteiger partial charge in [0.05, 0.1) is 12.4 Å². The van der Waals surface area contributed by atoms with Crippen LogP contribution in [0, 0.1) is 0 Å². The van der Waals surface area contributed by atoms with Gasteiger partial charge in [0.1, 0.15) is 5.69 Å². The number of fused-ring (bicyclic) bond motifs is 1. The molecule has 8 nitrogen and oxygen atoms in total. The highest BCUT2D eigenvalue weighted by atomic mass is 19.4. The second-order valence-electron chi connectivity index (χ2n) is 7.86. The van der Waals surface area contributed by atoms with Crippen molar-refractivity contribution in [3.63, 3.8) is 0 Å². The summed E-state index contributed by atoms with van der Waals surface area (Å²) in [6, 6.07) is 0.611. The van der Waals surface area contributed by atoms with Gasteiger partial charge < -0.3 is 20.3 Å². The molecule has 0 aromatic carbocycles. The average Bonchev–Trinajstić information content (AvgIpc) is 3.18. The van der Waals surface area contributed by atoms with Crippen molar-refractivity contribution < 1.29 is 31.4 Å². The third-order valence-corrected chi connectivity index (χ3v) is 5.02. The van der Waals surface area contributed by atoms with Crippen LogP contribution in [0.5, 0.6) is 0 Å². The van der Waals surface area contributed by atoms with Crippen LogP contribution >= 0.6 is 0 Å². The van der Waals surface area contributed by atoms with Crippen molar-refractivity contribution >= 4 is 22.9 Å². The van der Waals surface area contributed by atoms with E-state index in [4.69, 9.17) is 0 Å². The number of hydrogen-bond acceptors (Lipinski definition) is 7. The lowest BCUT2D eigenvalue weighted by Gasteiger charge is -2.25. The molecule has 0 radical (unpaired) electrons. The standard InChI is InChI=1S/C20H23F6N7O/c1-4-12(15(34)20(24,25)26)30-18-31-16(14-17(32-18)33(9-29-14)10(2)3)28-8-11-5-6-13(27-7-11)19(21,22)23/h5-7,9-10,12,15,34H,4,8H2,1-3H3,(H2,28,30,31,32). The van der Waals surface area contributed by atoms with Crippen molar-refractivity contribution in [1.29, 1.82) is 0 Å². The van der Waals surface area contributed by atoms with Crippen LogP contribution < -0.4 is 10.6 Å². The molecule has 0 spiro atoms. The van der Waals surface area contributed by atoms with E-state index in [9.17, 15) is 31.4 Å². The highest BCUT2D eigenvalue weighted by Gasteiger charge is 2.43. The van der Waals surface area contributed by atoms with Crippen molar-refractivity contribution in [3.05, 3.63) is 35.9 Å². The number of aliphatic hydroxyl groups is 1. The van der Waals surface area contributed by atoms with Gasteiger partial charge in [0.2, 0.25) is 5.95 Å². The molecule has 3 rings (SSSR count). The zero-order chi connectivity index (χ0) is 25.3. The minimum Gasteiger partial charge on any atom is -0.382 e. The lowest BCUT2D eigenvalue weighted by molar-refractivity contribution is -0.208. The summed E-state index contributed by atoms with van der Waals surface area (Å²) >= 11 is 0. The molecule has 3 heterocycles. The summed E-state index contributed by atoms with van der Waals surface area (Å²) in [4.78, 5) is 16.2. The summed E-state index contributed by atoms with van der Waals surface area (Å²) in [5.74, 6) is -0.0127. The highest BCUT2D eigenvalue weighted by molar-refractivity contribution is 5.84. The number of halogens is 6. The Labute approximate surface area is 190 Å². The molecule has 0 saturated heterocycles. The van der Waals surface area contributed by atoms with Crippen LogP contribution in [0.1, 0.15) is 44.5 Å². The van der Waals surface area contributed by atoms with E-state index in [1.165, 1.54) is 19.3 Å². The Kier molecular flexibility index (Phi) is 7.19. The Morgan fingerprint density at radius 2 is 1.76 bits per heavy atom. The molecule has 34 heavy (non-hydrogen) atoms. The number of alkyl halides is 6. The van der Waals surface area contributed by atoms with Gasteiger partial charge >= 0.3 is 12.4 Å². The van der Waals surface area contributed by atoms with Gasteiger partial charge in [-0.15, -0.1) is 0 Å². The molecule has 186 valence electrons. The van der Waals surface area contributed by atoms with Gasteiger partial charge in [-0.3, -0.25) is 4.98 Å². The predicted molar refractivity (Wildman–Crippen MR) is 112 cm³/mol. The maximum absolute atomic E-state index is 13.0. The molecular weight excluding hydrogens is 468 g/mol. The molecule has 14 heteroatoms. The molecule has 3 aromatic rings. The van der Waals surface area contributed by atoms with E-state index in [1.54, 1.807) is 4.57 Å². The molecule has 0 aliphatic rings. The molecule has 0 bridgehead atoms. The van der Waals surface area contributed by atoms with Crippen molar-refractivity contribution in [2.75, 3.05) is 10.6 Å². The number of aromatic nitrogens is 5. The fourth-order valence-corrected chi connectivity index (χ4v) is 3.16. The fourth-order valence-electron chi connectivity index (χ4n) is 3.16. The number of nitrogens with one attached hydrogen (secondary N) is 2. The van der Waals surface area contributed by atoms with Crippen LogP contribution in [0.25, 0.3) is 11.2 Å². The van der Waals surface area contributed by atoms with Gasteiger partial charge in [-0.05, 0) is 31.9 Å². The SMILES string of the molecule is CCC(Nc1nc(NCc2ccc(C(F)(F)F)nc2)c2ncn(C(C)C)c2n1)C(O)C(F)(F)F. The van der Waals surface area contributed by atoms with Crippen molar-refractivity contribution in [2.24, 2.45) is 0 Å². The Bertz CT molecular complexity index is 1110. The third kappa shape index (κ3) is 5.66. The van der Waals surface area contributed by atoms with Crippen molar-refractivity contribution in [1.82, 2.24) is 24.5 Å². The molecule has 0 aliphatic carbocycles. The Balaban J connectivity index is 1.92. The predicted octanol–water partition coefficient (Wildman–Crippen LogP) is 4.55. The lowest BCUT2D eigenvalue weighted by atomic mass is 10.1. The number of aliphatic hydroxyl groups excluding tert-OH is 1. The van der Waals surface area contributed by atoms with Gasteiger partial charge in [0, 0.05) is 18.8 Å². The summed E-state index contributed by atoms with van der Waals surface area (Å²) in [7, 11) is 0. The van der Waals surface area contributed by atoms with Crippen LogP contribution in [-0.4, -0.2) is 47.9 Å². The minimum atomic E-state index is -4.84. The highest BCUT2D eigenvalue weighted by Crippen LogP contribution is 2.29. The van der Waals surface area contributed by atoms with E-state index in [0.29, 0.717) is 16.7 Å². The summed E-state index contributed by atoms with van der Waals surface area (Å²) < 4.78 is 78.9. The lowest BCUT2D eigenvalue weighted by Crippen LogP contribution is -2.44. The molecule has 0 amide bonds. The minimum absolute atomic E-state index is 0.0214. The summed E-state index contributed by atoms with van der Waals surface area (Å²) in [6.45, 7) is 5.22. The first-order valence-electron chi connectivity index (χ1n) is 10.3. The topological polar surface area (TPSA) is 101 Å². The molecule has 0 saturated carbocycles. The van der Waals surface area contributed by atoms with Crippen LogP contribution in [0.3, 0.4) is 0 Å². The van der Waals surface area contributed by atoms with Crippen LogP contribution in [0.4, 0.5) is 38.1 Å². The maximum Gasteiger partial charge on any atom is 0.433 e. The van der Waals surface area contributed by atoms with Gasteiger partial charge in [-0.25, -0.2) is 4.98 Å². The quantitative estimate of drug-likeness (QED) is 0.398. The number of rotatable bonds is 8. The molecule has 2 unspecified atom stereocenters. The van der Waals surface area contributed by atoms with Crippen LogP contribution in [-0.2, 0) is 12.7 Å². The molecule has 0 fully saturated rings. The van der Waals surface area contributed by atoms with Gasteiger partial charge in [0.15, 0.2) is 23.1 Å². The van der Waals surface area contributed by atoms with E-state index < -0.39 is 30.2 Å². The summed E-state index contributed by atoms with van der Waals surface area (Å²) in [6.07, 6.45) is -9.54. The second kappa shape index (κ2) is 9.60. The van der Waals surface area contributed by atoms with Crippen LogP contribution in [0.15, 0.2) is 24.7 Å². The molecule has 2 atom stereocenters. The first kappa shape index (κ1) is 25.5. The van der Waals surface area contributed by atoms with Crippen molar-refractivity contribution in [2.45, 2.75) is 64.3 Å². The maximum atomic E-state index is 13.0. The smallest absolute Gasteiger partial charge is 0.382 e. The Morgan fingerprint density at radius 3 is 2.29 bits per heavy atom. The summed E-state index contributed by atoms with van der Waals surface area (Å²) in [5, 5.41) is 15.1. The third-order valence-electron chi connectivity index (χ3n) is 5.02. The zero-order valence-electron chi connectivity index (χ0n) is 18.4. The van der Waals surface area contributed by atoms with E-state index in [1.807, 2.05) is 13.8 Å². The van der Waals surface area contributed by atoms with Gasteiger partial charge in [-0.1, -0.05) is 13.0 Å². The number of hydrogen-bond donors (Lipinski definition) is 3. The molecule has 0 aliphatic heterocycles. The first-order chi connectivity index (χ1) is 15.8. The van der Waals surface area contributed by atoms with Gasteiger partial charge in [0.25, 0.3) is 0 Å². The van der Waals surface area contributed by atoms with E-state index in [-0.39, 0.29) is 30.8 Å². The monoisotopic (exact) mass is 491 g/mol. The first-order valence-corrected chi connectivity index (χ1v) is 10.3. The number of pyridine rings is 1. The van der Waals surface area contributed by atoms with E-state index >= 15 is 0 Å². The Morgan fingerprint density at radius 1 is 1.06 bits per heavy atom. The fraction of sp³-hybridized carbons (Fsp3) is 0.500. The normalized spacial score (nSPS) is 14.4. The van der Waals surface area contributed by atoms with Crippen molar-refractivity contribution in [3.8, 4) is 0 Å². The summed E-state index contributed by atoms with van der Waals surface area (Å²) in [5.41, 5.74) is 0.0357. The second-order valence-corrected chi connectivity index (χ2v) is 7.86. The number of imidazole rings is 1. The Hall–Kier alpha value is -3.16. The van der Waals surface area contributed by atoms with Gasteiger partial charge in [-0.2, -0.15) is 36.3 Å². The van der Waals surface area contributed by atoms with Crippen LogP contribution in [0.2, 0.25) is 0 Å². The van der Waals surface area contributed by atoms with E-state index in [0.717, 1.165) is 12.3 Å². The molecule has 3 aromatic heterocycles. The zero-order valence-corrected chi connectivity index (χ0v) is 18.4. The largest absolute Gasteiger partial charge is 0.433 e. The molecular formula is C20H23F6N7O.